The fraction of sp³-hybridized carbons (Fsp3) is 0.0792. The summed E-state index contributed by atoms with van der Waals surface area (Å²) in [7, 11) is -0.953. The Hall–Kier alpha value is -15.9. The summed E-state index contributed by atoms with van der Waals surface area (Å²) in [4.78, 5) is 5.97. The number of para-hydroxylation sites is 6. The van der Waals surface area contributed by atoms with Crippen LogP contribution >= 0.6 is 0 Å². The Kier molecular flexibility index (Phi) is 21.6. The van der Waals surface area contributed by atoms with Gasteiger partial charge in [0.2, 0.25) is 11.2 Å². The van der Waals surface area contributed by atoms with Crippen molar-refractivity contribution in [3.63, 3.8) is 0 Å². The second kappa shape index (κ2) is 33.4. The number of fused-ring (bicyclic) bond motifs is 22. The van der Waals surface area contributed by atoms with E-state index in [1.165, 1.54) is 24.3 Å². The average molecular weight is 1730 g/mol. The lowest BCUT2D eigenvalue weighted by atomic mass is 10.1. The SMILES string of the molecule is CN1/C(=C/C=C/C=C/c2oc3cc4c(cc3[n+]2C)oc2ccccc24)Oc2cc3c(cc21)oc1ccccc13.COc1cc2c(cc1N)oc1ccccc12.Cc1ccc(S(=O)(=O)[O-])cc1.Cc1ccc(S(=O)(=O)[O-])cc1.Cc1nc2cc3oc4ccccc4c3cc2o1.Cc1oc2cc3c(cc2[n+]1C)oc1ccccc13.Nc1cc2oc3ccccc3c2cc1O. The molecule has 1 aliphatic rings. The van der Waals surface area contributed by atoms with Gasteiger partial charge in [-0.3, -0.25) is 0 Å². The molecule has 23 aromatic rings. The number of aryl methyl sites for hydroxylation is 6. The van der Waals surface area contributed by atoms with Crippen molar-refractivity contribution in [1.29, 1.82) is 0 Å². The summed E-state index contributed by atoms with van der Waals surface area (Å²) < 4.78 is 130. The third-order valence-corrected chi connectivity index (χ3v) is 23.5. The number of allylic oxidation sites excluding steroid dienone is 4. The highest BCUT2D eigenvalue weighted by atomic mass is 32.2. The Labute approximate surface area is 723 Å². The van der Waals surface area contributed by atoms with E-state index < -0.39 is 20.2 Å². The minimum absolute atomic E-state index is 0.0917. The molecule has 0 fully saturated rings. The molecule has 9 aromatic heterocycles. The number of nitrogen functional groups attached to an aromatic ring is 2. The number of aromatic hydroxyl groups is 1. The van der Waals surface area contributed by atoms with Gasteiger partial charge in [0.15, 0.2) is 23.1 Å². The normalized spacial score (nSPS) is 12.6. The van der Waals surface area contributed by atoms with E-state index in [0.29, 0.717) is 28.6 Å². The zero-order valence-corrected chi connectivity index (χ0v) is 71.1. The molecule has 5 N–H and O–H groups in total. The number of ether oxygens (including phenoxy) is 2. The number of anilines is 3. The number of oxazole rings is 3. The molecule has 14 aromatic carbocycles. The van der Waals surface area contributed by atoms with Crippen LogP contribution in [0.25, 0.3) is 171 Å². The monoisotopic (exact) mass is 1730 g/mol. The fourth-order valence-electron chi connectivity index (χ4n) is 15.3. The number of aromatic nitrogens is 3. The van der Waals surface area contributed by atoms with Crippen molar-refractivity contribution < 1.29 is 89.4 Å². The molecule has 24 rings (SSSR count). The number of rotatable bonds is 6. The first-order valence-corrected chi connectivity index (χ1v) is 42.8. The maximum absolute atomic E-state index is 10.4. The number of benzene rings is 14. The molecule has 0 atom stereocenters. The Bertz CT molecular complexity index is 8500. The number of nitrogens with two attached hydrogens (primary N) is 2. The molecule has 0 saturated carbocycles. The molecule has 10 heterocycles. The number of hydrogen-bond donors (Lipinski definition) is 3. The van der Waals surface area contributed by atoms with Crippen molar-refractivity contribution in [2.75, 3.05) is 30.5 Å². The van der Waals surface area contributed by atoms with Crippen LogP contribution in [0, 0.1) is 27.7 Å². The van der Waals surface area contributed by atoms with Gasteiger partial charge in [-0.05, 0) is 117 Å². The number of hydrogen-bond acceptors (Lipinski definition) is 22. The third-order valence-electron chi connectivity index (χ3n) is 21.8. The Morgan fingerprint density at radius 3 is 1.24 bits per heavy atom. The Balaban J connectivity index is 0.000000106. The molecule has 0 spiro atoms. The topological polar surface area (TPSA) is 347 Å². The van der Waals surface area contributed by atoms with E-state index in [1.807, 2.05) is 251 Å². The molecule has 1 aliphatic heterocycles. The Morgan fingerprint density at radius 2 is 0.780 bits per heavy atom. The minimum atomic E-state index is -4.27. The van der Waals surface area contributed by atoms with Gasteiger partial charge in [0.05, 0.1) is 59.1 Å². The molecule has 24 nitrogen and oxygen atoms in total. The van der Waals surface area contributed by atoms with Crippen LogP contribution in [0.15, 0.2) is 347 Å². The summed E-state index contributed by atoms with van der Waals surface area (Å²) >= 11 is 0. The van der Waals surface area contributed by atoms with Gasteiger partial charge in [-0.15, -0.1) is 0 Å². The highest BCUT2D eigenvalue weighted by Gasteiger charge is 2.27. The van der Waals surface area contributed by atoms with E-state index in [-0.39, 0.29) is 15.5 Å². The molecule has 0 amide bonds. The third kappa shape index (κ3) is 16.4. The van der Waals surface area contributed by atoms with E-state index in [0.717, 1.165) is 200 Å². The minimum Gasteiger partial charge on any atom is -0.744 e. The molecule has 632 valence electrons. The summed E-state index contributed by atoms with van der Waals surface area (Å²) in [6.45, 7) is 7.45. The van der Waals surface area contributed by atoms with E-state index in [2.05, 4.69) is 47.4 Å². The predicted octanol–water partition coefficient (Wildman–Crippen LogP) is 23.3. The fourth-order valence-corrected chi connectivity index (χ4v) is 16.2. The van der Waals surface area contributed by atoms with Crippen LogP contribution in [0.4, 0.5) is 17.1 Å². The summed E-state index contributed by atoms with van der Waals surface area (Å²) in [5, 5.41) is 22.2. The first kappa shape index (κ1) is 82.1. The Morgan fingerprint density at radius 1 is 0.394 bits per heavy atom. The van der Waals surface area contributed by atoms with E-state index in [9.17, 15) is 31.0 Å². The number of methoxy groups -OCH3 is 1. The van der Waals surface area contributed by atoms with E-state index in [1.54, 1.807) is 49.6 Å². The zero-order chi connectivity index (χ0) is 88.3. The molecular weight excluding hydrogens is 1650 g/mol. The molecule has 0 aliphatic carbocycles. The van der Waals surface area contributed by atoms with Crippen LogP contribution in [-0.2, 0) is 34.3 Å². The van der Waals surface area contributed by atoms with Crippen LogP contribution in [0.5, 0.6) is 17.2 Å². The number of nitrogens with zero attached hydrogens (tertiary/aromatic N) is 4. The summed E-state index contributed by atoms with van der Waals surface area (Å²) in [6, 6.07) is 82.5. The number of phenols is 1. The molecular formula is C101H78N6O18S2. The van der Waals surface area contributed by atoms with Gasteiger partial charge in [0, 0.05) is 103 Å². The highest BCUT2D eigenvalue weighted by Crippen LogP contribution is 2.45. The van der Waals surface area contributed by atoms with Crippen LogP contribution in [0.2, 0.25) is 0 Å². The summed E-state index contributed by atoms with van der Waals surface area (Å²) in [6.07, 6.45) is 9.76. The second-order valence-electron chi connectivity index (χ2n) is 30.2. The first-order chi connectivity index (χ1) is 61.2. The summed E-state index contributed by atoms with van der Waals surface area (Å²) in [5.41, 5.74) is 30.8. The lowest BCUT2D eigenvalue weighted by molar-refractivity contribution is -0.656. The van der Waals surface area contributed by atoms with Crippen LogP contribution in [0.1, 0.15) is 28.8 Å². The van der Waals surface area contributed by atoms with Gasteiger partial charge in [0.25, 0.3) is 11.0 Å². The van der Waals surface area contributed by atoms with Gasteiger partial charge in [-0.2, -0.15) is 9.13 Å². The molecule has 0 saturated heterocycles. The van der Waals surface area contributed by atoms with E-state index >= 15 is 0 Å². The second-order valence-corrected chi connectivity index (χ2v) is 33.0. The smallest absolute Gasteiger partial charge is 0.373 e. The number of furan rings is 6. The van der Waals surface area contributed by atoms with Gasteiger partial charge in [-0.1, -0.05) is 163 Å². The zero-order valence-electron chi connectivity index (χ0n) is 69.4. The van der Waals surface area contributed by atoms with E-state index in [4.69, 9.17) is 60.7 Å². The average Bonchev–Trinajstić information content (AvgIpc) is 1.62. The number of phenolic OH excluding ortho intramolecular Hbond substituents is 1. The maximum atomic E-state index is 10.4. The summed E-state index contributed by atoms with van der Waals surface area (Å²) in [5.74, 6) is 4.65. The van der Waals surface area contributed by atoms with Gasteiger partial charge >= 0.3 is 11.8 Å². The lowest BCUT2D eigenvalue weighted by Gasteiger charge is -2.09. The molecule has 0 unspecified atom stereocenters. The van der Waals surface area contributed by atoms with Crippen molar-refractivity contribution in [2.45, 2.75) is 37.5 Å². The van der Waals surface area contributed by atoms with Gasteiger partial charge in [0.1, 0.15) is 118 Å². The standard InChI is InChI=1S/C33H23N2O4.C15H12NO2.C14H9NO2.C13H11NO2.C12H9NO2.2C7H8O3S/c1-34-24-18-28-22(20-10-6-8-12-26(20)36-28)16-30(24)38-32(34)14-4-3-5-15-33-35(2)25-19-29-23(17-31(25)39-33)21-11-7-9-13-27(21)37-29;1-9-16(2)12-8-14-11(7-15(12)17-9)10-5-3-4-6-13(10)18-14;1-8-15-11-7-13-10(6-14(11)16-8)9-4-2-3-5-12(9)17-13;1-15-13-6-9-8-4-2-3-5-11(8)16-12(9)7-10(13)14;13-9-6-12-8(5-10(9)14)7-3-1-2-4-11(7)15-12;2*1-6-2-4-7(5-3-6)11(8,9)10/h3-19H,1-2H3;3-8H,1-2H3;2-7H,1H3;2-7H,14H2,1H3;1-6,14H,13H2;2*2-5H,1H3,(H,8,9,10)/q2*+1;;;;;/p-2. The molecule has 0 radical (unpaired) electrons. The largest absolute Gasteiger partial charge is 0.744 e. The predicted molar refractivity (Wildman–Crippen MR) is 492 cm³/mol. The van der Waals surface area contributed by atoms with Crippen LogP contribution < -0.4 is 35.0 Å². The highest BCUT2D eigenvalue weighted by molar-refractivity contribution is 7.86. The lowest BCUT2D eigenvalue weighted by Crippen LogP contribution is -2.29. The molecule has 127 heavy (non-hydrogen) atoms. The van der Waals surface area contributed by atoms with Crippen molar-refractivity contribution in [1.82, 2.24) is 4.98 Å². The quantitative estimate of drug-likeness (QED) is 0.0457. The van der Waals surface area contributed by atoms with Crippen LogP contribution in [-0.4, -0.2) is 50.2 Å². The van der Waals surface area contributed by atoms with Gasteiger partial charge < -0.3 is 79.8 Å². The molecule has 0 bridgehead atoms. The van der Waals surface area contributed by atoms with Crippen molar-refractivity contribution in [3.8, 4) is 17.2 Å². The van der Waals surface area contributed by atoms with Crippen molar-refractivity contribution in [3.05, 3.63) is 326 Å². The van der Waals surface area contributed by atoms with Gasteiger partial charge in [-0.25, -0.2) is 21.8 Å². The van der Waals surface area contributed by atoms with Crippen molar-refractivity contribution in [2.24, 2.45) is 14.1 Å². The van der Waals surface area contributed by atoms with Crippen molar-refractivity contribution >= 4 is 208 Å². The maximum Gasteiger partial charge on any atom is 0.373 e. The van der Waals surface area contributed by atoms with Crippen LogP contribution in [0.3, 0.4) is 0 Å². The first-order valence-electron chi connectivity index (χ1n) is 40.0. The molecule has 26 heteroatoms.